The average Bonchev–Trinajstić information content (AvgIpc) is 3.29. The predicted octanol–water partition coefficient (Wildman–Crippen LogP) is 3.21. The van der Waals surface area contributed by atoms with Gasteiger partial charge in [0.1, 0.15) is 12.1 Å². The number of nitrogens with one attached hydrogen (secondary N) is 2. The van der Waals surface area contributed by atoms with Crippen molar-refractivity contribution in [3.63, 3.8) is 0 Å². The normalized spacial score (nSPS) is 21.0. The Bertz CT molecular complexity index is 1300. The summed E-state index contributed by atoms with van der Waals surface area (Å²) in [4.78, 5) is 36.9. The zero-order valence-corrected chi connectivity index (χ0v) is 22.8. The van der Waals surface area contributed by atoms with Crippen LogP contribution in [0.3, 0.4) is 0 Å². The van der Waals surface area contributed by atoms with Crippen LogP contribution < -0.4 is 10.6 Å². The molecule has 0 spiro atoms. The Hall–Kier alpha value is -4.06. The van der Waals surface area contributed by atoms with Gasteiger partial charge in [-0.25, -0.2) is 4.52 Å². The van der Waals surface area contributed by atoms with Crippen molar-refractivity contribution in [2.75, 3.05) is 13.6 Å². The molecule has 1 saturated heterocycles. The molecule has 3 heterocycles. The topological polar surface area (TPSA) is 120 Å². The number of nitriles is 1. The zero-order chi connectivity index (χ0) is 29.7. The lowest BCUT2D eigenvalue weighted by Gasteiger charge is -2.30. The molecule has 2 aromatic heterocycles. The SMILES string of the molecule is C#Cc1cccn2ncc(C(C#N)NC(=O)C3C4C(CN3C(=O)CC)C4(C)C)c12.CC.CNC(=O)C(F)(F)F. The van der Waals surface area contributed by atoms with Gasteiger partial charge in [-0.3, -0.25) is 14.4 Å². The standard InChI is InChI=1S/C22H23N5O2.C3H4F3NO.C2H6/c1-5-13-8-7-9-27-19(13)14(11-24-27)16(10-23)25-21(29)20-18-15(22(18,3)4)12-26(20)17(28)6-2;1-7-2(8)3(4,5)6;1-2/h1,7-9,11,15-16,18,20H,6,12H2,2-4H3,(H,25,29);1H3,(H,7,8);1-2H3. The highest BCUT2D eigenvalue weighted by Gasteiger charge is 2.69. The Morgan fingerprint density at radius 2 is 1.95 bits per heavy atom. The maximum absolute atomic E-state index is 13.2. The van der Waals surface area contributed by atoms with E-state index in [2.05, 4.69) is 36.3 Å². The molecule has 2 aliphatic rings. The molecular weight excluding hydrogens is 513 g/mol. The predicted molar refractivity (Wildman–Crippen MR) is 138 cm³/mol. The Kier molecular flexibility index (Phi) is 9.75. The first-order valence-electron chi connectivity index (χ1n) is 12.5. The fraction of sp³-hybridized carbons (Fsp3) is 0.519. The van der Waals surface area contributed by atoms with E-state index in [0.717, 1.165) is 7.05 Å². The third kappa shape index (κ3) is 6.17. The molecule has 1 aliphatic heterocycles. The second kappa shape index (κ2) is 12.2. The summed E-state index contributed by atoms with van der Waals surface area (Å²) in [6, 6.07) is 4.24. The number of terminal acetylenes is 1. The maximum Gasteiger partial charge on any atom is 0.471 e. The first-order chi connectivity index (χ1) is 18.3. The quantitative estimate of drug-likeness (QED) is 0.571. The number of piperidine rings is 1. The third-order valence-electron chi connectivity index (χ3n) is 7.04. The number of carbonyl (C=O) groups is 3. The lowest BCUT2D eigenvalue weighted by Crippen LogP contribution is -2.50. The number of alkyl halides is 3. The van der Waals surface area contributed by atoms with Crippen LogP contribution >= 0.6 is 0 Å². The van der Waals surface area contributed by atoms with Gasteiger partial charge >= 0.3 is 12.1 Å². The van der Waals surface area contributed by atoms with Crippen LogP contribution in [-0.2, 0) is 14.4 Å². The molecule has 2 aromatic rings. The monoisotopic (exact) mass is 546 g/mol. The maximum atomic E-state index is 13.2. The van der Waals surface area contributed by atoms with Gasteiger partial charge in [0.15, 0.2) is 0 Å². The number of hydrogen-bond acceptors (Lipinski definition) is 5. The molecule has 4 unspecified atom stereocenters. The molecule has 2 N–H and O–H groups in total. The van der Waals surface area contributed by atoms with Gasteiger partial charge < -0.3 is 15.5 Å². The van der Waals surface area contributed by atoms with Gasteiger partial charge in [-0.1, -0.05) is 40.5 Å². The molecule has 210 valence electrons. The molecule has 0 bridgehead atoms. The van der Waals surface area contributed by atoms with Crippen molar-refractivity contribution >= 4 is 23.2 Å². The number of likely N-dealkylation sites (tertiary alicyclic amines) is 1. The molecule has 3 amide bonds. The van der Waals surface area contributed by atoms with E-state index in [1.807, 2.05) is 13.8 Å². The summed E-state index contributed by atoms with van der Waals surface area (Å²) >= 11 is 0. The van der Waals surface area contributed by atoms with Crippen molar-refractivity contribution in [1.29, 1.82) is 5.26 Å². The Labute approximate surface area is 225 Å². The molecule has 0 radical (unpaired) electrons. The Morgan fingerprint density at radius 3 is 2.44 bits per heavy atom. The average molecular weight is 547 g/mol. The van der Waals surface area contributed by atoms with Crippen LogP contribution in [0.2, 0.25) is 0 Å². The molecule has 0 aromatic carbocycles. The Morgan fingerprint density at radius 1 is 1.31 bits per heavy atom. The van der Waals surface area contributed by atoms with E-state index < -0.39 is 24.2 Å². The van der Waals surface area contributed by atoms with Crippen molar-refractivity contribution in [2.45, 2.75) is 59.3 Å². The summed E-state index contributed by atoms with van der Waals surface area (Å²) in [5, 5.41) is 18.3. The van der Waals surface area contributed by atoms with Gasteiger partial charge in [0.25, 0.3) is 0 Å². The number of pyridine rings is 1. The van der Waals surface area contributed by atoms with Gasteiger partial charge in [0, 0.05) is 31.8 Å². The van der Waals surface area contributed by atoms with Crippen LogP contribution in [-0.4, -0.2) is 58.0 Å². The molecule has 2 fully saturated rings. The second-order valence-corrected chi connectivity index (χ2v) is 9.41. The van der Waals surface area contributed by atoms with Crippen molar-refractivity contribution in [2.24, 2.45) is 17.3 Å². The summed E-state index contributed by atoms with van der Waals surface area (Å²) in [6.45, 7) is 10.6. The fourth-order valence-electron chi connectivity index (χ4n) is 4.99. The highest BCUT2D eigenvalue weighted by molar-refractivity contribution is 5.90. The highest BCUT2D eigenvalue weighted by Crippen LogP contribution is 2.64. The summed E-state index contributed by atoms with van der Waals surface area (Å²) in [7, 11) is 0.926. The van der Waals surface area contributed by atoms with Gasteiger partial charge in [0.2, 0.25) is 11.8 Å². The van der Waals surface area contributed by atoms with Gasteiger partial charge in [0.05, 0.1) is 23.3 Å². The lowest BCUT2D eigenvalue weighted by atomic mass is 9.99. The number of fused-ring (bicyclic) bond motifs is 2. The van der Waals surface area contributed by atoms with Crippen molar-refractivity contribution in [3.05, 3.63) is 35.7 Å². The first kappa shape index (κ1) is 31.2. The smallest absolute Gasteiger partial charge is 0.351 e. The molecule has 4 rings (SSSR count). The molecule has 1 aliphatic carbocycles. The number of carbonyl (C=O) groups excluding carboxylic acids is 3. The first-order valence-corrected chi connectivity index (χ1v) is 12.5. The van der Waals surface area contributed by atoms with Gasteiger partial charge in [-0.2, -0.15) is 23.5 Å². The van der Waals surface area contributed by atoms with Gasteiger partial charge in [-0.05, 0) is 29.4 Å². The van der Waals surface area contributed by atoms with Crippen LogP contribution in [0.25, 0.3) is 5.52 Å². The summed E-state index contributed by atoms with van der Waals surface area (Å²) in [5.74, 6) is 0.783. The summed E-state index contributed by atoms with van der Waals surface area (Å²) in [6.07, 6.45) is 4.51. The van der Waals surface area contributed by atoms with E-state index in [9.17, 15) is 32.8 Å². The van der Waals surface area contributed by atoms with E-state index in [1.165, 1.54) is 5.32 Å². The van der Waals surface area contributed by atoms with Crippen molar-refractivity contribution in [1.82, 2.24) is 25.1 Å². The Balaban J connectivity index is 0.000000460. The molecule has 39 heavy (non-hydrogen) atoms. The number of rotatable bonds is 4. The van der Waals surface area contributed by atoms with Gasteiger partial charge in [-0.15, -0.1) is 6.42 Å². The molecular formula is C27H33F3N6O3. The van der Waals surface area contributed by atoms with E-state index in [-0.39, 0.29) is 23.1 Å². The minimum atomic E-state index is -4.74. The van der Waals surface area contributed by atoms with Crippen molar-refractivity contribution < 1.29 is 27.6 Å². The molecule has 12 heteroatoms. The van der Waals surface area contributed by atoms with E-state index >= 15 is 0 Å². The van der Waals surface area contributed by atoms with E-state index in [1.54, 1.807) is 40.9 Å². The number of hydrogen-bond donors (Lipinski definition) is 2. The largest absolute Gasteiger partial charge is 0.471 e. The summed E-state index contributed by atoms with van der Waals surface area (Å²) < 4.78 is 34.7. The lowest BCUT2D eigenvalue weighted by molar-refractivity contribution is -0.172. The van der Waals surface area contributed by atoms with Crippen LogP contribution in [0, 0.1) is 40.9 Å². The van der Waals surface area contributed by atoms with Crippen LogP contribution in [0.15, 0.2) is 24.5 Å². The van der Waals surface area contributed by atoms with Crippen molar-refractivity contribution in [3.8, 4) is 18.4 Å². The number of halogens is 3. The minimum absolute atomic E-state index is 0.0235. The zero-order valence-electron chi connectivity index (χ0n) is 22.8. The minimum Gasteiger partial charge on any atom is -0.351 e. The molecule has 4 atom stereocenters. The number of aromatic nitrogens is 2. The number of amides is 3. The number of nitrogens with zero attached hydrogens (tertiary/aromatic N) is 4. The van der Waals surface area contributed by atoms with E-state index in [0.29, 0.717) is 35.5 Å². The summed E-state index contributed by atoms with van der Waals surface area (Å²) in [5.41, 5.74) is 1.80. The third-order valence-corrected chi connectivity index (χ3v) is 7.04. The van der Waals surface area contributed by atoms with Crippen LogP contribution in [0.5, 0.6) is 0 Å². The second-order valence-electron chi connectivity index (χ2n) is 9.41. The highest BCUT2D eigenvalue weighted by atomic mass is 19.4. The molecule has 1 saturated carbocycles. The fourth-order valence-corrected chi connectivity index (χ4v) is 4.99. The van der Waals surface area contributed by atoms with E-state index in [4.69, 9.17) is 6.42 Å². The van der Waals surface area contributed by atoms with Crippen LogP contribution in [0.1, 0.15) is 58.2 Å². The van der Waals surface area contributed by atoms with Crippen LogP contribution in [0.4, 0.5) is 13.2 Å². The molecule has 9 nitrogen and oxygen atoms in total.